The summed E-state index contributed by atoms with van der Waals surface area (Å²) < 4.78 is 21.2. The summed E-state index contributed by atoms with van der Waals surface area (Å²) in [7, 11) is -2.16. The second-order valence-electron chi connectivity index (χ2n) is 3.17. The van der Waals surface area contributed by atoms with Crippen molar-refractivity contribution in [3.05, 3.63) is 0 Å². The minimum atomic E-state index is -2.16. The third-order valence-electron chi connectivity index (χ3n) is 2.29. The number of rotatable bonds is 3. The van der Waals surface area contributed by atoms with Gasteiger partial charge in [-0.1, -0.05) is 20.3 Å². The van der Waals surface area contributed by atoms with E-state index in [9.17, 15) is 4.57 Å². The van der Waals surface area contributed by atoms with Gasteiger partial charge in [0.25, 0.3) is 0 Å². The zero-order chi connectivity index (χ0) is 8.97. The van der Waals surface area contributed by atoms with Gasteiger partial charge in [-0.3, -0.25) is 4.57 Å². The van der Waals surface area contributed by atoms with E-state index in [-0.39, 0.29) is 6.10 Å². The summed E-state index contributed by atoms with van der Waals surface area (Å²) in [6, 6.07) is 0. The molecule has 1 rings (SSSR count). The lowest BCUT2D eigenvalue weighted by Crippen LogP contribution is -2.28. The van der Waals surface area contributed by atoms with E-state index >= 15 is 0 Å². The Bertz CT molecular complexity index is 160. The van der Waals surface area contributed by atoms with E-state index in [1.165, 1.54) is 0 Å². The summed E-state index contributed by atoms with van der Waals surface area (Å²) in [6.45, 7) is 4.84. The fourth-order valence-corrected chi connectivity index (χ4v) is 2.47. The molecular formula is C8H17O3P. The van der Waals surface area contributed by atoms with Gasteiger partial charge in [0.2, 0.25) is 0 Å². The van der Waals surface area contributed by atoms with E-state index < -0.39 is 8.25 Å². The van der Waals surface area contributed by atoms with Crippen LogP contribution in [0.5, 0.6) is 0 Å². The maximum Gasteiger partial charge on any atom is 0.319 e. The number of hydrogen-bond donors (Lipinski definition) is 0. The minimum absolute atomic E-state index is 0.167. The van der Waals surface area contributed by atoms with Gasteiger partial charge in [-0.15, -0.1) is 0 Å². The molecule has 0 bridgehead atoms. The van der Waals surface area contributed by atoms with Gasteiger partial charge in [-0.25, -0.2) is 0 Å². The molecular weight excluding hydrogens is 175 g/mol. The van der Waals surface area contributed by atoms with Gasteiger partial charge in [-0.05, 0) is 12.8 Å². The van der Waals surface area contributed by atoms with Crippen molar-refractivity contribution in [2.45, 2.75) is 39.2 Å². The van der Waals surface area contributed by atoms with Crippen LogP contribution in [0.1, 0.15) is 33.1 Å². The predicted octanol–water partition coefficient (Wildman–Crippen LogP) is 2.62. The van der Waals surface area contributed by atoms with Crippen LogP contribution in [-0.2, 0) is 13.6 Å². The van der Waals surface area contributed by atoms with Gasteiger partial charge < -0.3 is 9.05 Å². The molecule has 1 aliphatic rings. The summed E-state index contributed by atoms with van der Waals surface area (Å²) >= 11 is 0. The Hall–Kier alpha value is 0.150. The first-order valence-corrected chi connectivity index (χ1v) is 5.83. The molecule has 4 heteroatoms. The lowest BCUT2D eigenvalue weighted by atomic mass is 9.97. The van der Waals surface area contributed by atoms with Gasteiger partial charge in [0.15, 0.2) is 0 Å². The van der Waals surface area contributed by atoms with Crippen LogP contribution in [0.25, 0.3) is 0 Å². The van der Waals surface area contributed by atoms with Crippen molar-refractivity contribution in [2.75, 3.05) is 6.61 Å². The van der Waals surface area contributed by atoms with Crippen LogP contribution in [0.15, 0.2) is 0 Å². The Kier molecular flexibility index (Phi) is 4.27. The summed E-state index contributed by atoms with van der Waals surface area (Å²) in [4.78, 5) is 0. The largest absolute Gasteiger partial charge is 0.319 e. The van der Waals surface area contributed by atoms with Gasteiger partial charge in [0.05, 0.1) is 12.7 Å². The van der Waals surface area contributed by atoms with E-state index in [1.54, 1.807) is 0 Å². The van der Waals surface area contributed by atoms with E-state index in [0.29, 0.717) is 12.5 Å². The van der Waals surface area contributed by atoms with Crippen molar-refractivity contribution in [1.82, 2.24) is 0 Å². The third kappa shape index (κ3) is 2.58. The molecule has 1 saturated heterocycles. The van der Waals surface area contributed by atoms with Gasteiger partial charge in [-0.2, -0.15) is 0 Å². The van der Waals surface area contributed by atoms with Gasteiger partial charge in [0, 0.05) is 5.92 Å². The Morgan fingerprint density at radius 1 is 1.50 bits per heavy atom. The summed E-state index contributed by atoms with van der Waals surface area (Å²) in [6.07, 6.45) is 3.29. The molecule has 0 aromatic rings. The highest BCUT2D eigenvalue weighted by Gasteiger charge is 2.27. The maximum absolute atomic E-state index is 11.0. The minimum Gasteiger partial charge on any atom is -0.310 e. The average Bonchev–Trinajstić information content (AvgIpc) is 2.05. The van der Waals surface area contributed by atoms with Gasteiger partial charge >= 0.3 is 8.25 Å². The Labute approximate surface area is 74.4 Å². The second kappa shape index (κ2) is 5.00. The smallest absolute Gasteiger partial charge is 0.310 e. The molecule has 72 valence electrons. The highest BCUT2D eigenvalue weighted by Crippen LogP contribution is 2.37. The molecule has 1 aliphatic heterocycles. The van der Waals surface area contributed by atoms with Crippen molar-refractivity contribution in [3.63, 3.8) is 0 Å². The van der Waals surface area contributed by atoms with E-state index in [2.05, 4.69) is 13.8 Å². The van der Waals surface area contributed by atoms with Crippen LogP contribution in [0, 0.1) is 5.92 Å². The molecule has 12 heavy (non-hydrogen) atoms. The summed E-state index contributed by atoms with van der Waals surface area (Å²) in [5.74, 6) is 0.438. The van der Waals surface area contributed by atoms with Crippen LogP contribution >= 0.6 is 8.25 Å². The van der Waals surface area contributed by atoms with Crippen LogP contribution in [0.4, 0.5) is 0 Å². The highest BCUT2D eigenvalue weighted by molar-refractivity contribution is 7.33. The number of hydrogen-bond acceptors (Lipinski definition) is 3. The van der Waals surface area contributed by atoms with Crippen molar-refractivity contribution < 1.29 is 13.6 Å². The summed E-state index contributed by atoms with van der Waals surface area (Å²) in [5.41, 5.74) is 0. The van der Waals surface area contributed by atoms with E-state index in [1.807, 2.05) is 0 Å². The lowest BCUT2D eigenvalue weighted by molar-refractivity contribution is 0.0316. The van der Waals surface area contributed by atoms with Crippen molar-refractivity contribution >= 4 is 8.25 Å². The van der Waals surface area contributed by atoms with Crippen LogP contribution in [0.3, 0.4) is 0 Å². The Morgan fingerprint density at radius 3 is 2.83 bits per heavy atom. The second-order valence-corrected chi connectivity index (χ2v) is 4.20. The molecule has 3 nitrogen and oxygen atoms in total. The molecule has 3 atom stereocenters. The molecule has 0 spiro atoms. The summed E-state index contributed by atoms with van der Waals surface area (Å²) in [5, 5.41) is 0. The molecule has 0 aromatic carbocycles. The van der Waals surface area contributed by atoms with Crippen molar-refractivity contribution in [3.8, 4) is 0 Å². The predicted molar refractivity (Wildman–Crippen MR) is 48.5 cm³/mol. The fourth-order valence-electron chi connectivity index (χ4n) is 1.50. The van der Waals surface area contributed by atoms with Crippen molar-refractivity contribution in [1.29, 1.82) is 0 Å². The topological polar surface area (TPSA) is 35.5 Å². The third-order valence-corrected chi connectivity index (χ3v) is 3.18. The standard InChI is InChI=1S/C8H17O3P/c1-3-5-8-7(4-2)6-10-12(9)11-8/h7-8,12H,3-6H2,1-2H3. The van der Waals surface area contributed by atoms with Crippen LogP contribution in [-0.4, -0.2) is 12.7 Å². The van der Waals surface area contributed by atoms with Crippen LogP contribution < -0.4 is 0 Å². The molecule has 0 saturated carbocycles. The van der Waals surface area contributed by atoms with E-state index in [0.717, 1.165) is 19.3 Å². The first kappa shape index (κ1) is 10.2. The molecule has 0 aromatic heterocycles. The van der Waals surface area contributed by atoms with Crippen LogP contribution in [0.2, 0.25) is 0 Å². The molecule has 3 unspecified atom stereocenters. The highest BCUT2D eigenvalue weighted by atomic mass is 31.1. The Balaban J connectivity index is 2.45. The molecule has 0 N–H and O–H groups in total. The maximum atomic E-state index is 11.0. The molecule has 0 radical (unpaired) electrons. The molecule has 1 heterocycles. The molecule has 0 amide bonds. The average molecular weight is 192 g/mol. The monoisotopic (exact) mass is 192 g/mol. The van der Waals surface area contributed by atoms with Gasteiger partial charge in [0.1, 0.15) is 0 Å². The zero-order valence-electron chi connectivity index (χ0n) is 7.71. The fraction of sp³-hybridized carbons (Fsp3) is 1.00. The van der Waals surface area contributed by atoms with Crippen molar-refractivity contribution in [2.24, 2.45) is 5.92 Å². The zero-order valence-corrected chi connectivity index (χ0v) is 8.71. The van der Waals surface area contributed by atoms with E-state index in [4.69, 9.17) is 9.05 Å². The first-order chi connectivity index (χ1) is 5.77. The first-order valence-electron chi connectivity index (χ1n) is 4.61. The lowest BCUT2D eigenvalue weighted by Gasteiger charge is -2.29. The normalized spacial score (nSPS) is 36.7. The molecule has 1 fully saturated rings. The quantitative estimate of drug-likeness (QED) is 0.645. The molecule has 0 aliphatic carbocycles. The SMILES string of the molecule is CCCC1O[PH](=O)OCC1CC. The Morgan fingerprint density at radius 2 is 2.25 bits per heavy atom.